The number of fused-ring (bicyclic) bond motifs is 1. The number of ether oxygens (including phenoxy) is 1. The zero-order chi connectivity index (χ0) is 13.6. The van der Waals surface area contributed by atoms with Gasteiger partial charge in [-0.15, -0.1) is 0 Å². The number of hydrogen-bond donors (Lipinski definition) is 2. The van der Waals surface area contributed by atoms with Crippen LogP contribution in [0.2, 0.25) is 0 Å². The van der Waals surface area contributed by atoms with E-state index in [1.54, 1.807) is 4.31 Å². The van der Waals surface area contributed by atoms with E-state index < -0.39 is 10.2 Å². The van der Waals surface area contributed by atoms with Crippen molar-refractivity contribution in [2.75, 3.05) is 19.7 Å². The van der Waals surface area contributed by atoms with Crippen molar-refractivity contribution in [1.29, 1.82) is 0 Å². The van der Waals surface area contributed by atoms with Gasteiger partial charge < -0.3 is 10.5 Å². The SMILES string of the molecule is CC1CCN(S(=O)(=O)NC2C(N)C3CCOC32)CC1. The molecule has 0 radical (unpaired) electrons. The minimum absolute atomic E-state index is 0.0199. The van der Waals surface area contributed by atoms with Crippen LogP contribution in [0.25, 0.3) is 0 Å². The monoisotopic (exact) mass is 289 g/mol. The highest BCUT2D eigenvalue weighted by Crippen LogP contribution is 2.38. The van der Waals surface area contributed by atoms with Crippen LogP contribution < -0.4 is 10.5 Å². The van der Waals surface area contributed by atoms with Crippen LogP contribution >= 0.6 is 0 Å². The van der Waals surface area contributed by atoms with Gasteiger partial charge in [-0.2, -0.15) is 17.4 Å². The first-order valence-electron chi connectivity index (χ1n) is 7.13. The molecule has 0 aromatic rings. The molecule has 3 N–H and O–H groups in total. The first kappa shape index (κ1) is 13.8. The lowest BCUT2D eigenvalue weighted by atomic mass is 9.73. The maximum Gasteiger partial charge on any atom is 0.279 e. The van der Waals surface area contributed by atoms with E-state index in [0.29, 0.717) is 31.5 Å². The first-order chi connectivity index (χ1) is 8.99. The molecule has 3 fully saturated rings. The smallest absolute Gasteiger partial charge is 0.279 e. The number of piperidine rings is 1. The van der Waals surface area contributed by atoms with Gasteiger partial charge in [-0.1, -0.05) is 6.92 Å². The lowest BCUT2D eigenvalue weighted by Gasteiger charge is -2.46. The fourth-order valence-electron chi connectivity index (χ4n) is 3.37. The highest BCUT2D eigenvalue weighted by molar-refractivity contribution is 7.87. The van der Waals surface area contributed by atoms with Crippen molar-refractivity contribution in [2.24, 2.45) is 17.6 Å². The van der Waals surface area contributed by atoms with Gasteiger partial charge in [0.1, 0.15) is 0 Å². The topological polar surface area (TPSA) is 84.7 Å². The Hall–Kier alpha value is -0.210. The molecule has 0 bridgehead atoms. The Kier molecular flexibility index (Phi) is 3.59. The molecule has 7 heteroatoms. The van der Waals surface area contributed by atoms with E-state index in [9.17, 15) is 8.42 Å². The second-order valence-electron chi connectivity index (χ2n) is 6.10. The predicted octanol–water partition coefficient (Wildman–Crippen LogP) is -0.333. The van der Waals surface area contributed by atoms with Crippen molar-refractivity contribution in [2.45, 2.75) is 44.4 Å². The zero-order valence-corrected chi connectivity index (χ0v) is 12.1. The summed E-state index contributed by atoms with van der Waals surface area (Å²) in [5.41, 5.74) is 6.04. The molecule has 0 aromatic carbocycles. The van der Waals surface area contributed by atoms with E-state index >= 15 is 0 Å². The molecule has 2 heterocycles. The predicted molar refractivity (Wildman–Crippen MR) is 71.6 cm³/mol. The molecule has 0 amide bonds. The van der Waals surface area contributed by atoms with Gasteiger partial charge in [0.2, 0.25) is 0 Å². The molecule has 4 unspecified atom stereocenters. The van der Waals surface area contributed by atoms with Gasteiger partial charge in [-0.05, 0) is 25.2 Å². The minimum Gasteiger partial charge on any atom is -0.376 e. The van der Waals surface area contributed by atoms with Gasteiger partial charge in [0, 0.05) is 31.7 Å². The van der Waals surface area contributed by atoms with E-state index in [4.69, 9.17) is 10.5 Å². The quantitative estimate of drug-likeness (QED) is 0.745. The summed E-state index contributed by atoms with van der Waals surface area (Å²) in [5, 5.41) is 0. The summed E-state index contributed by atoms with van der Waals surface area (Å²) in [6, 6.07) is -0.358. The van der Waals surface area contributed by atoms with Gasteiger partial charge in [-0.3, -0.25) is 0 Å². The summed E-state index contributed by atoms with van der Waals surface area (Å²) in [6.07, 6.45) is 2.79. The van der Waals surface area contributed by atoms with E-state index in [1.165, 1.54) is 0 Å². The second kappa shape index (κ2) is 4.96. The van der Waals surface area contributed by atoms with Crippen LogP contribution in [-0.2, 0) is 14.9 Å². The van der Waals surface area contributed by atoms with Crippen molar-refractivity contribution >= 4 is 10.2 Å². The average Bonchev–Trinajstić information content (AvgIpc) is 2.81. The molecular formula is C12H23N3O3S. The normalized spacial score (nSPS) is 40.9. The Morgan fingerprint density at radius 3 is 2.63 bits per heavy atom. The minimum atomic E-state index is -3.42. The van der Waals surface area contributed by atoms with Crippen LogP contribution in [0.15, 0.2) is 0 Å². The van der Waals surface area contributed by atoms with Crippen LogP contribution in [0.1, 0.15) is 26.2 Å². The Bertz CT molecular complexity index is 434. The second-order valence-corrected chi connectivity index (χ2v) is 7.80. The van der Waals surface area contributed by atoms with Crippen LogP contribution in [0, 0.1) is 11.8 Å². The highest BCUT2D eigenvalue weighted by atomic mass is 32.2. The lowest BCUT2D eigenvalue weighted by molar-refractivity contribution is -0.00992. The molecule has 1 saturated carbocycles. The number of nitrogens with two attached hydrogens (primary N) is 1. The molecule has 1 aliphatic carbocycles. The Balaban J connectivity index is 1.62. The van der Waals surface area contributed by atoms with Gasteiger partial charge in [-0.25, -0.2) is 0 Å². The van der Waals surface area contributed by atoms with E-state index in [0.717, 1.165) is 19.3 Å². The largest absolute Gasteiger partial charge is 0.376 e. The standard InChI is InChI=1S/C12H23N3O3S/c1-8-2-5-15(6-3-8)19(16,17)14-11-10(13)9-4-7-18-12(9)11/h8-12,14H,2-7,13H2,1H3. The van der Waals surface area contributed by atoms with E-state index in [1.807, 2.05) is 0 Å². The van der Waals surface area contributed by atoms with E-state index in [-0.39, 0.29) is 18.2 Å². The average molecular weight is 289 g/mol. The number of hydrogen-bond acceptors (Lipinski definition) is 4. The fraction of sp³-hybridized carbons (Fsp3) is 1.00. The lowest BCUT2D eigenvalue weighted by Crippen LogP contribution is -2.70. The molecule has 2 saturated heterocycles. The van der Waals surface area contributed by atoms with Crippen molar-refractivity contribution in [3.63, 3.8) is 0 Å². The molecule has 0 spiro atoms. The molecule has 3 rings (SSSR count). The third-order valence-corrected chi connectivity index (χ3v) is 6.43. The third kappa shape index (κ3) is 2.42. The van der Waals surface area contributed by atoms with Crippen LogP contribution in [-0.4, -0.2) is 50.6 Å². The molecular weight excluding hydrogens is 266 g/mol. The summed E-state index contributed by atoms with van der Waals surface area (Å²) < 4.78 is 34.5. The van der Waals surface area contributed by atoms with Crippen molar-refractivity contribution in [1.82, 2.24) is 9.03 Å². The maximum atomic E-state index is 12.3. The number of nitrogens with one attached hydrogen (secondary N) is 1. The highest BCUT2D eigenvalue weighted by Gasteiger charge is 2.53. The van der Waals surface area contributed by atoms with Gasteiger partial charge in [0.25, 0.3) is 10.2 Å². The number of rotatable bonds is 3. The summed E-state index contributed by atoms with van der Waals surface area (Å²) in [6.45, 7) is 4.07. The summed E-state index contributed by atoms with van der Waals surface area (Å²) in [4.78, 5) is 0. The molecule has 3 aliphatic rings. The van der Waals surface area contributed by atoms with Crippen LogP contribution in [0.4, 0.5) is 0 Å². The maximum absolute atomic E-state index is 12.3. The fourth-order valence-corrected chi connectivity index (χ4v) is 4.84. The molecule has 19 heavy (non-hydrogen) atoms. The molecule has 110 valence electrons. The molecule has 6 nitrogen and oxygen atoms in total. The summed E-state index contributed by atoms with van der Waals surface area (Å²) in [5.74, 6) is 0.939. The van der Waals surface area contributed by atoms with Crippen molar-refractivity contribution < 1.29 is 13.2 Å². The Morgan fingerprint density at radius 1 is 1.26 bits per heavy atom. The van der Waals surface area contributed by atoms with Crippen molar-refractivity contribution in [3.8, 4) is 0 Å². The van der Waals surface area contributed by atoms with Gasteiger partial charge in [0.15, 0.2) is 0 Å². The van der Waals surface area contributed by atoms with Crippen LogP contribution in [0.5, 0.6) is 0 Å². The van der Waals surface area contributed by atoms with Gasteiger partial charge >= 0.3 is 0 Å². The summed E-state index contributed by atoms with van der Waals surface area (Å²) in [7, 11) is -3.42. The Morgan fingerprint density at radius 2 is 1.95 bits per heavy atom. The number of nitrogens with zero attached hydrogens (tertiary/aromatic N) is 1. The third-order valence-electron chi connectivity index (χ3n) is 4.81. The molecule has 2 aliphatic heterocycles. The van der Waals surface area contributed by atoms with Gasteiger partial charge in [0.05, 0.1) is 12.1 Å². The zero-order valence-electron chi connectivity index (χ0n) is 11.3. The van der Waals surface area contributed by atoms with Crippen LogP contribution in [0.3, 0.4) is 0 Å². The van der Waals surface area contributed by atoms with E-state index in [2.05, 4.69) is 11.6 Å². The summed E-state index contributed by atoms with van der Waals surface area (Å²) >= 11 is 0. The molecule has 4 atom stereocenters. The molecule has 0 aromatic heterocycles. The Labute approximate surface area is 114 Å². The van der Waals surface area contributed by atoms with Crippen molar-refractivity contribution in [3.05, 3.63) is 0 Å². The first-order valence-corrected chi connectivity index (χ1v) is 8.57.